The first-order valence-corrected chi connectivity index (χ1v) is 9.33. The van der Waals surface area contributed by atoms with E-state index < -0.39 is 9.84 Å². The molecule has 0 spiro atoms. The highest BCUT2D eigenvalue weighted by molar-refractivity contribution is 7.91. The number of aromatic nitrogens is 3. The summed E-state index contributed by atoms with van der Waals surface area (Å²) >= 11 is 0. The fraction of sp³-hybridized carbons (Fsp3) is 0.400. The molecule has 1 fully saturated rings. The molecule has 3 rings (SSSR count). The molecule has 8 nitrogen and oxygen atoms in total. The second-order valence-electron chi connectivity index (χ2n) is 5.66. The lowest BCUT2D eigenvalue weighted by Crippen LogP contribution is -2.34. The van der Waals surface area contributed by atoms with Gasteiger partial charge in [0.15, 0.2) is 15.7 Å². The van der Waals surface area contributed by atoms with Crippen molar-refractivity contribution >= 4 is 27.3 Å². The van der Waals surface area contributed by atoms with Crippen LogP contribution in [-0.4, -0.2) is 55.3 Å². The molecule has 1 aliphatic rings. The van der Waals surface area contributed by atoms with E-state index in [0.717, 1.165) is 11.4 Å². The minimum Gasteiger partial charge on any atom is -0.497 e. The van der Waals surface area contributed by atoms with Crippen LogP contribution in [0, 0.1) is 0 Å². The third-order valence-corrected chi connectivity index (χ3v) is 5.73. The molecule has 1 N–H and O–H groups in total. The molecule has 1 saturated heterocycles. The number of methoxy groups -OCH3 is 1. The number of anilines is 3. The van der Waals surface area contributed by atoms with Crippen molar-refractivity contribution in [2.75, 3.05) is 35.9 Å². The number of hydrogen-bond donors (Lipinski definition) is 1. The van der Waals surface area contributed by atoms with Crippen LogP contribution in [0.4, 0.5) is 17.5 Å². The van der Waals surface area contributed by atoms with Gasteiger partial charge in [0, 0.05) is 18.8 Å². The second kappa shape index (κ2) is 6.60. The van der Waals surface area contributed by atoms with Crippen molar-refractivity contribution < 1.29 is 13.2 Å². The summed E-state index contributed by atoms with van der Waals surface area (Å²) < 4.78 is 28.4. The zero-order chi connectivity index (χ0) is 17.2. The minimum absolute atomic E-state index is 0.118. The Bertz CT molecular complexity index is 810. The Kier molecular flexibility index (Phi) is 4.52. The summed E-state index contributed by atoms with van der Waals surface area (Å²) in [4.78, 5) is 6.19. The van der Waals surface area contributed by atoms with Gasteiger partial charge in [0.05, 0.1) is 24.8 Å². The maximum Gasteiger partial charge on any atom is 0.247 e. The Morgan fingerprint density at radius 3 is 2.67 bits per heavy atom. The molecular formula is C15H19N5O3S. The van der Waals surface area contributed by atoms with Gasteiger partial charge in [-0.1, -0.05) is 0 Å². The third-order valence-electron chi connectivity index (χ3n) is 3.98. The summed E-state index contributed by atoms with van der Waals surface area (Å²) in [5.74, 6) is 2.04. The Morgan fingerprint density at radius 2 is 2.04 bits per heavy atom. The smallest absolute Gasteiger partial charge is 0.247 e. The highest BCUT2D eigenvalue weighted by Crippen LogP contribution is 2.22. The van der Waals surface area contributed by atoms with Gasteiger partial charge in [-0.05, 0) is 30.7 Å². The van der Waals surface area contributed by atoms with E-state index in [1.54, 1.807) is 19.1 Å². The summed E-state index contributed by atoms with van der Waals surface area (Å²) in [7, 11) is 0.446. The van der Waals surface area contributed by atoms with Gasteiger partial charge in [0.2, 0.25) is 5.95 Å². The summed E-state index contributed by atoms with van der Waals surface area (Å²) in [6.07, 6.45) is 2.10. The Morgan fingerprint density at radius 1 is 1.29 bits per heavy atom. The van der Waals surface area contributed by atoms with Crippen molar-refractivity contribution in [1.29, 1.82) is 0 Å². The van der Waals surface area contributed by atoms with Crippen molar-refractivity contribution in [2.45, 2.75) is 12.5 Å². The number of sulfone groups is 1. The highest BCUT2D eigenvalue weighted by atomic mass is 32.2. The lowest BCUT2D eigenvalue weighted by atomic mass is 10.2. The maximum atomic E-state index is 11.6. The molecule has 2 heterocycles. The molecule has 24 heavy (non-hydrogen) atoms. The Balaban J connectivity index is 1.73. The van der Waals surface area contributed by atoms with Gasteiger partial charge in [0.1, 0.15) is 5.75 Å². The SMILES string of the molecule is COc1ccc(Nc2cnnc(N(C)C3CCS(=O)(=O)C3)n2)cc1. The Hall–Kier alpha value is -2.42. The topological polar surface area (TPSA) is 97.3 Å². The van der Waals surface area contributed by atoms with Crippen molar-refractivity contribution in [3.63, 3.8) is 0 Å². The molecule has 1 atom stereocenters. The molecule has 128 valence electrons. The van der Waals surface area contributed by atoms with Crippen molar-refractivity contribution in [3.8, 4) is 5.75 Å². The van der Waals surface area contributed by atoms with Crippen molar-refractivity contribution in [3.05, 3.63) is 30.5 Å². The van der Waals surface area contributed by atoms with E-state index in [1.807, 2.05) is 24.3 Å². The molecule has 1 aliphatic heterocycles. The summed E-state index contributed by atoms with van der Waals surface area (Å²) in [6.45, 7) is 0. The molecule has 2 aromatic rings. The van der Waals surface area contributed by atoms with E-state index in [4.69, 9.17) is 4.74 Å². The third kappa shape index (κ3) is 3.73. The van der Waals surface area contributed by atoms with Crippen LogP contribution in [0.25, 0.3) is 0 Å². The van der Waals surface area contributed by atoms with Crippen LogP contribution in [0.15, 0.2) is 30.5 Å². The van der Waals surface area contributed by atoms with E-state index in [-0.39, 0.29) is 17.5 Å². The fourth-order valence-electron chi connectivity index (χ4n) is 2.57. The van der Waals surface area contributed by atoms with E-state index in [2.05, 4.69) is 20.5 Å². The van der Waals surface area contributed by atoms with Gasteiger partial charge in [-0.25, -0.2) is 8.42 Å². The zero-order valence-corrected chi connectivity index (χ0v) is 14.3. The number of rotatable bonds is 5. The Labute approximate surface area is 140 Å². The largest absolute Gasteiger partial charge is 0.497 e. The van der Waals surface area contributed by atoms with E-state index >= 15 is 0 Å². The monoisotopic (exact) mass is 349 g/mol. The number of hydrogen-bond acceptors (Lipinski definition) is 8. The lowest BCUT2D eigenvalue weighted by Gasteiger charge is -2.22. The molecule has 0 aliphatic carbocycles. The van der Waals surface area contributed by atoms with Gasteiger partial charge in [-0.15, -0.1) is 5.10 Å². The molecule has 0 radical (unpaired) electrons. The van der Waals surface area contributed by atoms with E-state index in [0.29, 0.717) is 18.2 Å². The summed E-state index contributed by atoms with van der Waals surface area (Å²) in [5.41, 5.74) is 0.841. The first kappa shape index (κ1) is 16.4. The van der Waals surface area contributed by atoms with Gasteiger partial charge in [-0.3, -0.25) is 0 Å². The maximum absolute atomic E-state index is 11.6. The van der Waals surface area contributed by atoms with Crippen LogP contribution in [-0.2, 0) is 9.84 Å². The standard InChI is InChI=1S/C15H19N5O3S/c1-20(12-7-8-24(21,22)10-12)15-18-14(9-16-19-15)17-11-3-5-13(23-2)6-4-11/h3-6,9,12H,7-8,10H2,1-2H3,(H,17,18,19). The van der Waals surface area contributed by atoms with Crippen molar-refractivity contribution in [1.82, 2.24) is 15.2 Å². The van der Waals surface area contributed by atoms with Crippen LogP contribution in [0.2, 0.25) is 0 Å². The van der Waals surface area contributed by atoms with E-state index in [9.17, 15) is 8.42 Å². The molecule has 9 heteroatoms. The van der Waals surface area contributed by atoms with Crippen LogP contribution >= 0.6 is 0 Å². The average molecular weight is 349 g/mol. The normalized spacial score (nSPS) is 19.0. The summed E-state index contributed by atoms with van der Waals surface area (Å²) in [5, 5.41) is 11.1. The average Bonchev–Trinajstić information content (AvgIpc) is 2.95. The van der Waals surface area contributed by atoms with Crippen LogP contribution in [0.1, 0.15) is 6.42 Å². The van der Waals surface area contributed by atoms with Crippen molar-refractivity contribution in [2.24, 2.45) is 0 Å². The zero-order valence-electron chi connectivity index (χ0n) is 13.5. The predicted octanol–water partition coefficient (Wildman–Crippen LogP) is 1.25. The van der Waals surface area contributed by atoms with Crippen LogP contribution in [0.5, 0.6) is 5.75 Å². The number of nitrogens with one attached hydrogen (secondary N) is 1. The molecule has 0 bridgehead atoms. The van der Waals surface area contributed by atoms with Gasteiger partial charge in [-0.2, -0.15) is 10.1 Å². The molecule has 0 amide bonds. The van der Waals surface area contributed by atoms with Gasteiger partial charge < -0.3 is 15.0 Å². The lowest BCUT2D eigenvalue weighted by molar-refractivity contribution is 0.415. The number of ether oxygens (including phenoxy) is 1. The fourth-order valence-corrected chi connectivity index (χ4v) is 4.34. The van der Waals surface area contributed by atoms with E-state index in [1.165, 1.54) is 6.20 Å². The van der Waals surface area contributed by atoms with Gasteiger partial charge >= 0.3 is 0 Å². The minimum atomic E-state index is -2.96. The van der Waals surface area contributed by atoms with Crippen LogP contribution in [0.3, 0.4) is 0 Å². The van der Waals surface area contributed by atoms with Gasteiger partial charge in [0.25, 0.3) is 0 Å². The number of benzene rings is 1. The molecule has 1 aromatic carbocycles. The first-order chi connectivity index (χ1) is 11.5. The molecule has 1 aromatic heterocycles. The summed E-state index contributed by atoms with van der Waals surface area (Å²) in [6, 6.07) is 7.30. The predicted molar refractivity (Wildman–Crippen MR) is 91.6 cm³/mol. The molecule has 1 unspecified atom stereocenters. The van der Waals surface area contributed by atoms with Crippen LogP contribution < -0.4 is 15.0 Å². The molecular weight excluding hydrogens is 330 g/mol. The first-order valence-electron chi connectivity index (χ1n) is 7.51. The molecule has 0 saturated carbocycles. The second-order valence-corrected chi connectivity index (χ2v) is 7.89. The number of nitrogens with zero attached hydrogens (tertiary/aromatic N) is 4. The quantitative estimate of drug-likeness (QED) is 0.861. The highest BCUT2D eigenvalue weighted by Gasteiger charge is 2.31.